The molecule has 4 rings (SSSR count). The first-order valence-electron chi connectivity index (χ1n) is 9.27. The van der Waals surface area contributed by atoms with Crippen LogP contribution >= 0.6 is 0 Å². The molecule has 0 atom stereocenters. The Labute approximate surface area is 165 Å². The monoisotopic (exact) mass is 400 g/mol. The fourth-order valence-corrected chi connectivity index (χ4v) is 3.39. The molecule has 150 valence electrons. The number of amides is 1. The number of rotatable bonds is 4. The van der Waals surface area contributed by atoms with E-state index in [9.17, 15) is 18.0 Å². The van der Waals surface area contributed by atoms with Crippen LogP contribution in [0.1, 0.15) is 16.1 Å². The normalized spacial score (nSPS) is 14.9. The molecule has 0 saturated carbocycles. The van der Waals surface area contributed by atoms with Crippen molar-refractivity contribution < 1.29 is 18.0 Å². The highest BCUT2D eigenvalue weighted by Gasteiger charge is 2.24. The molecule has 3 aromatic rings. The molecular formula is C21H19F3N4O. The highest BCUT2D eigenvalue weighted by atomic mass is 19.2. The smallest absolute Gasteiger partial charge is 0.271 e. The van der Waals surface area contributed by atoms with Gasteiger partial charge in [0.1, 0.15) is 11.5 Å². The Balaban J connectivity index is 1.37. The maximum Gasteiger partial charge on any atom is 0.271 e. The Bertz CT molecular complexity index is 1010. The second-order valence-electron chi connectivity index (χ2n) is 6.96. The summed E-state index contributed by atoms with van der Waals surface area (Å²) in [6, 6.07) is 11.7. The molecule has 0 aliphatic carbocycles. The van der Waals surface area contributed by atoms with Crippen molar-refractivity contribution in [1.29, 1.82) is 0 Å². The van der Waals surface area contributed by atoms with E-state index in [-0.39, 0.29) is 11.7 Å². The van der Waals surface area contributed by atoms with E-state index in [0.29, 0.717) is 55.2 Å². The van der Waals surface area contributed by atoms with Crippen LogP contribution < -0.4 is 0 Å². The van der Waals surface area contributed by atoms with Gasteiger partial charge in [0.25, 0.3) is 5.91 Å². The number of nitrogens with one attached hydrogen (secondary N) is 1. The van der Waals surface area contributed by atoms with Crippen molar-refractivity contribution in [3.63, 3.8) is 0 Å². The molecule has 0 radical (unpaired) electrons. The van der Waals surface area contributed by atoms with Gasteiger partial charge in [-0.25, -0.2) is 13.2 Å². The number of aromatic amines is 1. The second kappa shape index (κ2) is 8.08. The number of H-pyrrole nitrogens is 1. The molecule has 1 saturated heterocycles. The minimum Gasteiger partial charge on any atom is -0.335 e. The SMILES string of the molecule is O=C(c1cc(-c2ccc(F)cc2)n[nH]1)N1CCN(Cc2cccc(F)c2F)CC1. The van der Waals surface area contributed by atoms with E-state index in [4.69, 9.17) is 0 Å². The van der Waals surface area contributed by atoms with Crippen LogP contribution in [0.25, 0.3) is 11.3 Å². The van der Waals surface area contributed by atoms with Gasteiger partial charge in [0.2, 0.25) is 0 Å². The largest absolute Gasteiger partial charge is 0.335 e. The van der Waals surface area contributed by atoms with Crippen LogP contribution in [-0.4, -0.2) is 52.1 Å². The Morgan fingerprint density at radius 3 is 2.45 bits per heavy atom. The Morgan fingerprint density at radius 1 is 1.00 bits per heavy atom. The van der Waals surface area contributed by atoms with Crippen molar-refractivity contribution >= 4 is 5.91 Å². The van der Waals surface area contributed by atoms with Gasteiger partial charge in [0, 0.05) is 43.9 Å². The topological polar surface area (TPSA) is 52.2 Å². The summed E-state index contributed by atoms with van der Waals surface area (Å²) in [7, 11) is 0. The van der Waals surface area contributed by atoms with E-state index in [1.807, 2.05) is 4.90 Å². The fraction of sp³-hybridized carbons (Fsp3) is 0.238. The zero-order valence-corrected chi connectivity index (χ0v) is 15.5. The minimum absolute atomic E-state index is 0.178. The van der Waals surface area contributed by atoms with E-state index in [2.05, 4.69) is 10.2 Å². The Hall–Kier alpha value is -3.13. The fourth-order valence-electron chi connectivity index (χ4n) is 3.39. The molecule has 0 spiro atoms. The van der Waals surface area contributed by atoms with Gasteiger partial charge in [0.15, 0.2) is 11.6 Å². The third kappa shape index (κ3) is 4.17. The van der Waals surface area contributed by atoms with Gasteiger partial charge in [-0.2, -0.15) is 5.10 Å². The van der Waals surface area contributed by atoms with Gasteiger partial charge in [-0.05, 0) is 36.4 Å². The van der Waals surface area contributed by atoms with Crippen LogP contribution in [-0.2, 0) is 6.54 Å². The van der Waals surface area contributed by atoms with Crippen LogP contribution in [0.5, 0.6) is 0 Å². The van der Waals surface area contributed by atoms with Crippen molar-refractivity contribution in [2.75, 3.05) is 26.2 Å². The summed E-state index contributed by atoms with van der Waals surface area (Å²) < 4.78 is 40.3. The van der Waals surface area contributed by atoms with Crippen LogP contribution in [0.2, 0.25) is 0 Å². The zero-order chi connectivity index (χ0) is 20.4. The summed E-state index contributed by atoms with van der Waals surface area (Å²) in [6.07, 6.45) is 0. The lowest BCUT2D eigenvalue weighted by Crippen LogP contribution is -2.48. The molecule has 2 heterocycles. The lowest BCUT2D eigenvalue weighted by molar-refractivity contribution is 0.0621. The number of aromatic nitrogens is 2. The highest BCUT2D eigenvalue weighted by molar-refractivity contribution is 5.93. The lowest BCUT2D eigenvalue weighted by atomic mass is 10.1. The molecule has 1 amide bonds. The van der Waals surface area contributed by atoms with E-state index in [0.717, 1.165) is 6.07 Å². The third-order valence-electron chi connectivity index (χ3n) is 5.03. The standard InChI is InChI=1S/C21H19F3N4O/c22-16-6-4-14(5-7-16)18-12-19(26-25-18)21(29)28-10-8-27(9-11-28)13-15-2-1-3-17(23)20(15)24/h1-7,12H,8-11,13H2,(H,25,26). The number of halogens is 3. The number of carbonyl (C=O) groups is 1. The predicted octanol–water partition coefficient (Wildman–Crippen LogP) is 3.45. The molecular weight excluding hydrogens is 381 g/mol. The van der Waals surface area contributed by atoms with Crippen molar-refractivity contribution in [3.05, 3.63) is 77.2 Å². The summed E-state index contributed by atoms with van der Waals surface area (Å²) >= 11 is 0. The maximum absolute atomic E-state index is 13.8. The van der Waals surface area contributed by atoms with E-state index < -0.39 is 11.6 Å². The second-order valence-corrected chi connectivity index (χ2v) is 6.96. The molecule has 0 bridgehead atoms. The summed E-state index contributed by atoms with van der Waals surface area (Å²) in [4.78, 5) is 16.4. The number of nitrogens with zero attached hydrogens (tertiary/aromatic N) is 3. The molecule has 2 aromatic carbocycles. The van der Waals surface area contributed by atoms with Crippen molar-refractivity contribution in [3.8, 4) is 11.3 Å². The van der Waals surface area contributed by atoms with Gasteiger partial charge < -0.3 is 4.90 Å². The molecule has 29 heavy (non-hydrogen) atoms. The van der Waals surface area contributed by atoms with E-state index >= 15 is 0 Å². The van der Waals surface area contributed by atoms with Crippen LogP contribution in [0, 0.1) is 17.5 Å². The van der Waals surface area contributed by atoms with Gasteiger partial charge in [-0.1, -0.05) is 12.1 Å². The average molecular weight is 400 g/mol. The highest BCUT2D eigenvalue weighted by Crippen LogP contribution is 2.20. The molecule has 1 N–H and O–H groups in total. The molecule has 1 aromatic heterocycles. The third-order valence-corrected chi connectivity index (χ3v) is 5.03. The number of benzene rings is 2. The summed E-state index contributed by atoms with van der Waals surface area (Å²) in [5, 5.41) is 6.88. The van der Waals surface area contributed by atoms with Gasteiger partial charge >= 0.3 is 0 Å². The summed E-state index contributed by atoms with van der Waals surface area (Å²) in [5.41, 5.74) is 1.94. The van der Waals surface area contributed by atoms with E-state index in [1.54, 1.807) is 29.2 Å². The van der Waals surface area contributed by atoms with Crippen molar-refractivity contribution in [2.24, 2.45) is 0 Å². The first kappa shape index (κ1) is 19.2. The van der Waals surface area contributed by atoms with Gasteiger partial charge in [-0.15, -0.1) is 0 Å². The molecule has 1 aliphatic heterocycles. The first-order chi connectivity index (χ1) is 14.0. The van der Waals surface area contributed by atoms with E-state index in [1.165, 1.54) is 18.2 Å². The minimum atomic E-state index is -0.854. The van der Waals surface area contributed by atoms with Crippen molar-refractivity contribution in [2.45, 2.75) is 6.54 Å². The predicted molar refractivity (Wildman–Crippen MR) is 102 cm³/mol. The number of piperazine rings is 1. The van der Waals surface area contributed by atoms with Crippen LogP contribution in [0.15, 0.2) is 48.5 Å². The quantitative estimate of drug-likeness (QED) is 0.730. The van der Waals surface area contributed by atoms with Crippen LogP contribution in [0.3, 0.4) is 0 Å². The molecule has 1 aliphatic rings. The maximum atomic E-state index is 13.8. The number of hydrogen-bond donors (Lipinski definition) is 1. The summed E-state index contributed by atoms with van der Waals surface area (Å²) in [6.45, 7) is 2.35. The Kier molecular flexibility index (Phi) is 5.35. The van der Waals surface area contributed by atoms with Gasteiger partial charge in [0.05, 0.1) is 5.69 Å². The molecule has 0 unspecified atom stereocenters. The molecule has 1 fully saturated rings. The molecule has 8 heteroatoms. The molecule has 5 nitrogen and oxygen atoms in total. The van der Waals surface area contributed by atoms with Crippen molar-refractivity contribution in [1.82, 2.24) is 20.0 Å². The first-order valence-corrected chi connectivity index (χ1v) is 9.27. The Morgan fingerprint density at radius 2 is 1.72 bits per heavy atom. The van der Waals surface area contributed by atoms with Gasteiger partial charge in [-0.3, -0.25) is 14.8 Å². The lowest BCUT2D eigenvalue weighted by Gasteiger charge is -2.34. The zero-order valence-electron chi connectivity index (χ0n) is 15.5. The average Bonchev–Trinajstić information content (AvgIpc) is 3.22. The van der Waals surface area contributed by atoms with Crippen LogP contribution in [0.4, 0.5) is 13.2 Å². The number of hydrogen-bond acceptors (Lipinski definition) is 3. The summed E-state index contributed by atoms with van der Waals surface area (Å²) in [5.74, 6) is -2.19. The number of carbonyl (C=O) groups excluding carboxylic acids is 1.